The van der Waals surface area contributed by atoms with E-state index < -0.39 is 5.38 Å². The SMILES string of the molecule is O=C1NCCc2ccc(C(Cl)c3c(F)cccc3Br)cc21. The van der Waals surface area contributed by atoms with E-state index in [4.69, 9.17) is 11.6 Å². The molecular formula is C16H12BrClFNO. The standard InChI is InChI=1S/C16H12BrClFNO/c17-12-2-1-3-13(19)14(12)15(18)10-5-4-9-6-7-20-16(21)11(9)8-10/h1-5,8,15H,6-7H2,(H,20,21). The van der Waals surface area contributed by atoms with Crippen molar-refractivity contribution in [2.24, 2.45) is 0 Å². The van der Waals surface area contributed by atoms with Gasteiger partial charge in [0.1, 0.15) is 5.82 Å². The Morgan fingerprint density at radius 3 is 2.86 bits per heavy atom. The molecule has 1 unspecified atom stereocenters. The van der Waals surface area contributed by atoms with E-state index in [0.29, 0.717) is 27.7 Å². The molecule has 2 nitrogen and oxygen atoms in total. The second kappa shape index (κ2) is 5.78. The van der Waals surface area contributed by atoms with E-state index in [2.05, 4.69) is 21.2 Å². The van der Waals surface area contributed by atoms with Crippen LogP contribution in [0, 0.1) is 5.82 Å². The zero-order chi connectivity index (χ0) is 15.0. The summed E-state index contributed by atoms with van der Waals surface area (Å²) in [5, 5.41) is 2.15. The summed E-state index contributed by atoms with van der Waals surface area (Å²) in [6, 6.07) is 10.2. The number of carbonyl (C=O) groups is 1. The Bertz CT molecular complexity index is 699. The molecule has 1 aliphatic heterocycles. The van der Waals surface area contributed by atoms with Crippen LogP contribution in [0.15, 0.2) is 40.9 Å². The van der Waals surface area contributed by atoms with Gasteiger partial charge in [0.2, 0.25) is 0 Å². The number of halogens is 3. The molecule has 0 saturated carbocycles. The first-order chi connectivity index (χ1) is 10.1. The molecule has 108 valence electrons. The summed E-state index contributed by atoms with van der Waals surface area (Å²) in [7, 11) is 0. The number of hydrogen-bond acceptors (Lipinski definition) is 1. The van der Waals surface area contributed by atoms with Gasteiger partial charge >= 0.3 is 0 Å². The quantitative estimate of drug-likeness (QED) is 0.791. The zero-order valence-electron chi connectivity index (χ0n) is 11.0. The van der Waals surface area contributed by atoms with E-state index in [1.165, 1.54) is 6.07 Å². The summed E-state index contributed by atoms with van der Waals surface area (Å²) in [4.78, 5) is 11.9. The highest BCUT2D eigenvalue weighted by Crippen LogP contribution is 2.36. The number of nitrogens with one attached hydrogen (secondary N) is 1. The lowest BCUT2D eigenvalue weighted by Gasteiger charge is -2.19. The molecule has 0 saturated heterocycles. The Kier molecular flexibility index (Phi) is 4.00. The van der Waals surface area contributed by atoms with Crippen LogP contribution >= 0.6 is 27.5 Å². The van der Waals surface area contributed by atoms with Crippen LogP contribution in [-0.2, 0) is 6.42 Å². The molecule has 0 radical (unpaired) electrons. The van der Waals surface area contributed by atoms with Crippen molar-refractivity contribution in [3.63, 3.8) is 0 Å². The summed E-state index contributed by atoms with van der Waals surface area (Å²) in [5.74, 6) is -0.471. The third-order valence-corrected chi connectivity index (χ3v) is 4.77. The first-order valence-corrected chi connectivity index (χ1v) is 7.80. The van der Waals surface area contributed by atoms with Crippen molar-refractivity contribution in [2.45, 2.75) is 11.8 Å². The molecule has 0 aliphatic carbocycles. The molecule has 2 aromatic carbocycles. The number of rotatable bonds is 2. The lowest BCUT2D eigenvalue weighted by atomic mass is 9.95. The summed E-state index contributed by atoms with van der Waals surface area (Å²) < 4.78 is 14.6. The molecule has 5 heteroatoms. The van der Waals surface area contributed by atoms with Gasteiger partial charge in [-0.1, -0.05) is 34.1 Å². The molecule has 21 heavy (non-hydrogen) atoms. The first kappa shape index (κ1) is 14.5. The zero-order valence-corrected chi connectivity index (χ0v) is 13.3. The van der Waals surface area contributed by atoms with Gasteiger partial charge in [-0.3, -0.25) is 4.79 Å². The number of carbonyl (C=O) groups excluding carboxylic acids is 1. The van der Waals surface area contributed by atoms with Crippen molar-refractivity contribution in [1.29, 1.82) is 0 Å². The number of alkyl halides is 1. The normalized spacial score (nSPS) is 15.3. The molecule has 1 aliphatic rings. The van der Waals surface area contributed by atoms with Crippen LogP contribution < -0.4 is 5.32 Å². The lowest BCUT2D eigenvalue weighted by molar-refractivity contribution is 0.0946. The average Bonchev–Trinajstić information content (AvgIpc) is 2.47. The van der Waals surface area contributed by atoms with Gasteiger partial charge < -0.3 is 5.32 Å². The van der Waals surface area contributed by atoms with Crippen LogP contribution in [0.25, 0.3) is 0 Å². The van der Waals surface area contributed by atoms with Gasteiger partial charge in [-0.2, -0.15) is 0 Å². The number of amides is 1. The van der Waals surface area contributed by atoms with Crippen molar-refractivity contribution in [2.75, 3.05) is 6.54 Å². The molecule has 2 aromatic rings. The number of benzene rings is 2. The van der Waals surface area contributed by atoms with Crippen LogP contribution in [0.4, 0.5) is 4.39 Å². The van der Waals surface area contributed by atoms with Crippen molar-refractivity contribution in [3.05, 3.63) is 68.9 Å². The molecule has 1 atom stereocenters. The average molecular weight is 369 g/mol. The van der Waals surface area contributed by atoms with E-state index in [1.807, 2.05) is 12.1 Å². The summed E-state index contributed by atoms with van der Waals surface area (Å²) in [5.41, 5.74) is 2.71. The second-order valence-electron chi connectivity index (χ2n) is 4.92. The second-order valence-corrected chi connectivity index (χ2v) is 6.21. The predicted molar refractivity (Wildman–Crippen MR) is 84.3 cm³/mol. The van der Waals surface area contributed by atoms with Gasteiger partial charge in [0.25, 0.3) is 5.91 Å². The Labute approximate surface area is 135 Å². The molecular weight excluding hydrogens is 357 g/mol. The maximum atomic E-state index is 14.0. The van der Waals surface area contributed by atoms with E-state index >= 15 is 0 Å². The highest BCUT2D eigenvalue weighted by atomic mass is 79.9. The Morgan fingerprint density at radius 2 is 2.10 bits per heavy atom. The molecule has 0 fully saturated rings. The largest absolute Gasteiger partial charge is 0.352 e. The van der Waals surface area contributed by atoms with Crippen LogP contribution in [-0.4, -0.2) is 12.5 Å². The summed E-state index contributed by atoms with van der Waals surface area (Å²) in [6.45, 7) is 0.647. The monoisotopic (exact) mass is 367 g/mol. The van der Waals surface area contributed by atoms with Gasteiger partial charge in [-0.15, -0.1) is 11.6 Å². The highest BCUT2D eigenvalue weighted by Gasteiger charge is 2.22. The third-order valence-electron chi connectivity index (χ3n) is 3.60. The van der Waals surface area contributed by atoms with Gasteiger partial charge in [-0.05, 0) is 35.7 Å². The summed E-state index contributed by atoms with van der Waals surface area (Å²) >= 11 is 9.76. The van der Waals surface area contributed by atoms with Crippen LogP contribution in [0.2, 0.25) is 0 Å². The minimum absolute atomic E-state index is 0.102. The van der Waals surface area contributed by atoms with Crippen LogP contribution in [0.1, 0.15) is 32.4 Å². The Hall–Kier alpha value is -1.39. The van der Waals surface area contributed by atoms with Crippen molar-refractivity contribution in [1.82, 2.24) is 5.32 Å². The van der Waals surface area contributed by atoms with Gasteiger partial charge in [0.05, 0.1) is 5.38 Å². The fourth-order valence-electron chi connectivity index (χ4n) is 2.51. The van der Waals surface area contributed by atoms with Gasteiger partial charge in [0, 0.05) is 22.1 Å². The van der Waals surface area contributed by atoms with Crippen molar-refractivity contribution >= 4 is 33.4 Å². The topological polar surface area (TPSA) is 29.1 Å². The fourth-order valence-corrected chi connectivity index (χ4v) is 3.57. The van der Waals surface area contributed by atoms with E-state index in [0.717, 1.165) is 12.0 Å². The summed E-state index contributed by atoms with van der Waals surface area (Å²) in [6.07, 6.45) is 0.803. The minimum atomic E-state index is -0.652. The maximum absolute atomic E-state index is 14.0. The molecule has 3 rings (SSSR count). The minimum Gasteiger partial charge on any atom is -0.352 e. The van der Waals surface area contributed by atoms with Gasteiger partial charge in [0.15, 0.2) is 0 Å². The van der Waals surface area contributed by atoms with E-state index in [-0.39, 0.29) is 11.7 Å². The third kappa shape index (κ3) is 2.70. The van der Waals surface area contributed by atoms with Crippen LogP contribution in [0.5, 0.6) is 0 Å². The number of fused-ring (bicyclic) bond motifs is 1. The van der Waals surface area contributed by atoms with Crippen LogP contribution in [0.3, 0.4) is 0 Å². The molecule has 0 spiro atoms. The maximum Gasteiger partial charge on any atom is 0.251 e. The molecule has 1 N–H and O–H groups in total. The van der Waals surface area contributed by atoms with Crippen molar-refractivity contribution < 1.29 is 9.18 Å². The Balaban J connectivity index is 2.05. The smallest absolute Gasteiger partial charge is 0.251 e. The Morgan fingerprint density at radius 1 is 1.29 bits per heavy atom. The van der Waals surface area contributed by atoms with Crippen molar-refractivity contribution in [3.8, 4) is 0 Å². The van der Waals surface area contributed by atoms with E-state index in [9.17, 15) is 9.18 Å². The lowest BCUT2D eigenvalue weighted by Crippen LogP contribution is -2.31. The molecule has 0 bridgehead atoms. The highest BCUT2D eigenvalue weighted by molar-refractivity contribution is 9.10. The predicted octanol–water partition coefficient (Wildman–Crippen LogP) is 4.20. The molecule has 1 amide bonds. The fraction of sp³-hybridized carbons (Fsp3) is 0.188. The molecule has 0 aromatic heterocycles. The first-order valence-electron chi connectivity index (χ1n) is 6.57. The number of hydrogen-bond donors (Lipinski definition) is 1. The molecule has 1 heterocycles. The van der Waals surface area contributed by atoms with E-state index in [1.54, 1.807) is 18.2 Å². The van der Waals surface area contributed by atoms with Gasteiger partial charge in [-0.25, -0.2) is 4.39 Å².